The zero-order valence-corrected chi connectivity index (χ0v) is 10.4. The van der Waals surface area contributed by atoms with Gasteiger partial charge < -0.3 is 5.73 Å². The maximum atomic E-state index is 5.73. The van der Waals surface area contributed by atoms with Crippen molar-refractivity contribution in [2.24, 2.45) is 5.73 Å². The lowest BCUT2D eigenvalue weighted by Crippen LogP contribution is -2.18. The van der Waals surface area contributed by atoms with Gasteiger partial charge in [0.05, 0.1) is 5.75 Å². The van der Waals surface area contributed by atoms with Crippen molar-refractivity contribution in [2.45, 2.75) is 44.2 Å². The van der Waals surface area contributed by atoms with Gasteiger partial charge in [-0.2, -0.15) is 11.8 Å². The summed E-state index contributed by atoms with van der Waals surface area (Å²) in [6.45, 7) is 6.34. The van der Waals surface area contributed by atoms with Gasteiger partial charge in [-0.05, 0) is 18.2 Å². The normalized spacial score (nSPS) is 13.1. The summed E-state index contributed by atoms with van der Waals surface area (Å²) in [7, 11) is 0. The van der Waals surface area contributed by atoms with Gasteiger partial charge in [0.25, 0.3) is 0 Å². The third kappa shape index (κ3) is 5.14. The molecule has 0 saturated heterocycles. The van der Waals surface area contributed by atoms with Gasteiger partial charge in [-0.1, -0.05) is 13.8 Å². The zero-order chi connectivity index (χ0) is 11.3. The molecular weight excluding hydrogens is 206 g/mol. The molecule has 0 bridgehead atoms. The van der Waals surface area contributed by atoms with Crippen LogP contribution in [0.2, 0.25) is 0 Å². The zero-order valence-electron chi connectivity index (χ0n) is 9.60. The highest BCUT2D eigenvalue weighted by Gasteiger charge is 2.03. The third-order valence-corrected chi connectivity index (χ3v) is 2.93. The van der Waals surface area contributed by atoms with E-state index >= 15 is 0 Å². The largest absolute Gasteiger partial charge is 0.328 e. The lowest BCUT2D eigenvalue weighted by Gasteiger charge is -2.07. The van der Waals surface area contributed by atoms with E-state index in [-0.39, 0.29) is 6.04 Å². The van der Waals surface area contributed by atoms with Crippen molar-refractivity contribution in [2.75, 3.05) is 0 Å². The van der Waals surface area contributed by atoms with Crippen molar-refractivity contribution in [1.82, 2.24) is 9.97 Å². The van der Waals surface area contributed by atoms with E-state index < -0.39 is 0 Å². The molecule has 1 rings (SSSR count). The van der Waals surface area contributed by atoms with Gasteiger partial charge in [0, 0.05) is 24.4 Å². The lowest BCUT2D eigenvalue weighted by molar-refractivity contribution is 0.715. The van der Waals surface area contributed by atoms with Gasteiger partial charge in [-0.3, -0.25) is 0 Å². The first kappa shape index (κ1) is 12.5. The fourth-order valence-corrected chi connectivity index (χ4v) is 1.82. The maximum Gasteiger partial charge on any atom is 0.138 e. The summed E-state index contributed by atoms with van der Waals surface area (Å²) in [6.07, 6.45) is 2.64. The van der Waals surface area contributed by atoms with Crippen molar-refractivity contribution < 1.29 is 0 Å². The van der Waals surface area contributed by atoms with Crippen LogP contribution in [-0.4, -0.2) is 21.3 Å². The first-order chi connectivity index (χ1) is 7.08. The molecule has 15 heavy (non-hydrogen) atoms. The number of thioether (sulfide) groups is 1. The van der Waals surface area contributed by atoms with E-state index in [0.29, 0.717) is 5.25 Å². The van der Waals surface area contributed by atoms with Crippen LogP contribution in [-0.2, 0) is 12.2 Å². The summed E-state index contributed by atoms with van der Waals surface area (Å²) in [6, 6.07) is 2.10. The molecule has 1 unspecified atom stereocenters. The predicted octanol–water partition coefficient (Wildman–Crippen LogP) is 2.01. The van der Waals surface area contributed by atoms with E-state index in [2.05, 4.69) is 23.8 Å². The molecule has 0 amide bonds. The predicted molar refractivity (Wildman–Crippen MR) is 65.8 cm³/mol. The van der Waals surface area contributed by atoms with E-state index in [1.807, 2.05) is 30.9 Å². The summed E-state index contributed by atoms with van der Waals surface area (Å²) in [5.74, 6) is 1.79. The molecule has 4 heteroatoms. The topological polar surface area (TPSA) is 51.8 Å². The summed E-state index contributed by atoms with van der Waals surface area (Å²) in [5, 5.41) is 0.616. The standard InChI is InChI=1S/C11H19N3S/c1-8(2)15-7-11-13-5-4-10(14-11)6-9(3)12/h4-5,8-9H,6-7,12H2,1-3H3. The van der Waals surface area contributed by atoms with Crippen molar-refractivity contribution in [3.63, 3.8) is 0 Å². The minimum absolute atomic E-state index is 0.158. The average Bonchev–Trinajstić information content (AvgIpc) is 2.14. The Hall–Kier alpha value is -0.610. The monoisotopic (exact) mass is 225 g/mol. The van der Waals surface area contributed by atoms with Crippen molar-refractivity contribution in [3.05, 3.63) is 23.8 Å². The number of rotatable bonds is 5. The molecule has 0 spiro atoms. The second kappa shape index (κ2) is 6.08. The van der Waals surface area contributed by atoms with E-state index in [9.17, 15) is 0 Å². The van der Waals surface area contributed by atoms with Gasteiger partial charge in [0.1, 0.15) is 5.82 Å². The van der Waals surface area contributed by atoms with Gasteiger partial charge >= 0.3 is 0 Å². The van der Waals surface area contributed by atoms with E-state index in [0.717, 1.165) is 23.7 Å². The molecule has 3 nitrogen and oxygen atoms in total. The highest BCUT2D eigenvalue weighted by molar-refractivity contribution is 7.99. The highest BCUT2D eigenvalue weighted by atomic mass is 32.2. The van der Waals surface area contributed by atoms with Crippen molar-refractivity contribution in [3.8, 4) is 0 Å². The average molecular weight is 225 g/mol. The molecule has 0 aliphatic carbocycles. The Morgan fingerprint density at radius 2 is 2.13 bits per heavy atom. The van der Waals surface area contributed by atoms with Gasteiger partial charge in [-0.15, -0.1) is 0 Å². The second-order valence-corrected chi connectivity index (χ2v) is 5.57. The molecule has 0 aliphatic heterocycles. The van der Waals surface area contributed by atoms with Crippen LogP contribution in [0.25, 0.3) is 0 Å². The Balaban J connectivity index is 2.57. The highest BCUT2D eigenvalue weighted by Crippen LogP contribution is 2.14. The van der Waals surface area contributed by atoms with Gasteiger partial charge in [0.2, 0.25) is 0 Å². The molecule has 0 saturated carbocycles. The van der Waals surface area contributed by atoms with Crippen LogP contribution >= 0.6 is 11.8 Å². The van der Waals surface area contributed by atoms with Crippen molar-refractivity contribution >= 4 is 11.8 Å². The third-order valence-electron chi connectivity index (χ3n) is 1.84. The number of hydrogen-bond donors (Lipinski definition) is 1. The number of nitrogens with two attached hydrogens (primary N) is 1. The molecule has 0 aromatic carbocycles. The molecule has 1 aromatic rings. The smallest absolute Gasteiger partial charge is 0.138 e. The first-order valence-electron chi connectivity index (χ1n) is 5.26. The van der Waals surface area contributed by atoms with E-state index in [1.165, 1.54) is 0 Å². The lowest BCUT2D eigenvalue weighted by atomic mass is 10.2. The number of aromatic nitrogens is 2. The molecule has 0 radical (unpaired) electrons. The van der Waals surface area contributed by atoms with Crippen LogP contribution in [0.4, 0.5) is 0 Å². The fraction of sp³-hybridized carbons (Fsp3) is 0.636. The molecule has 0 aliphatic rings. The second-order valence-electron chi connectivity index (χ2n) is 4.01. The molecule has 0 fully saturated rings. The number of hydrogen-bond acceptors (Lipinski definition) is 4. The van der Waals surface area contributed by atoms with Crippen LogP contribution in [0.3, 0.4) is 0 Å². The van der Waals surface area contributed by atoms with Crippen LogP contribution in [0.5, 0.6) is 0 Å². The Morgan fingerprint density at radius 3 is 2.73 bits per heavy atom. The fourth-order valence-electron chi connectivity index (χ4n) is 1.20. The number of nitrogens with zero attached hydrogens (tertiary/aromatic N) is 2. The molecule has 1 atom stereocenters. The van der Waals surface area contributed by atoms with Crippen molar-refractivity contribution in [1.29, 1.82) is 0 Å². The minimum Gasteiger partial charge on any atom is -0.328 e. The Kier molecular flexibility index (Phi) is 5.05. The molecule has 1 aromatic heterocycles. The maximum absolute atomic E-state index is 5.73. The minimum atomic E-state index is 0.158. The van der Waals surface area contributed by atoms with Gasteiger partial charge in [-0.25, -0.2) is 9.97 Å². The molecular formula is C11H19N3S. The Labute approximate surface area is 95.9 Å². The molecule has 1 heterocycles. The summed E-state index contributed by atoms with van der Waals surface area (Å²) in [5.41, 5.74) is 6.77. The Morgan fingerprint density at radius 1 is 1.40 bits per heavy atom. The summed E-state index contributed by atoms with van der Waals surface area (Å²) < 4.78 is 0. The SMILES string of the molecule is CC(N)Cc1ccnc(CSC(C)C)n1. The molecule has 2 N–H and O–H groups in total. The summed E-state index contributed by atoms with van der Waals surface area (Å²) >= 11 is 1.86. The van der Waals surface area contributed by atoms with Crippen LogP contribution in [0, 0.1) is 0 Å². The molecule has 84 valence electrons. The Bertz CT molecular complexity index is 300. The first-order valence-corrected chi connectivity index (χ1v) is 6.30. The quantitative estimate of drug-likeness (QED) is 0.833. The van der Waals surface area contributed by atoms with Crippen LogP contribution < -0.4 is 5.73 Å². The van der Waals surface area contributed by atoms with Crippen LogP contribution in [0.15, 0.2) is 12.3 Å². The summed E-state index contributed by atoms with van der Waals surface area (Å²) in [4.78, 5) is 8.72. The van der Waals surface area contributed by atoms with E-state index in [4.69, 9.17) is 5.73 Å². The van der Waals surface area contributed by atoms with Gasteiger partial charge in [0.15, 0.2) is 0 Å². The van der Waals surface area contributed by atoms with E-state index in [1.54, 1.807) is 0 Å². The van der Waals surface area contributed by atoms with Crippen LogP contribution in [0.1, 0.15) is 32.3 Å².